The number of nitrogens with one attached hydrogen (secondary N) is 1. The van der Waals surface area contributed by atoms with E-state index in [1.807, 2.05) is 55.5 Å². The molecule has 1 N–H and O–H groups in total. The smallest absolute Gasteiger partial charge is 0.239 e. The van der Waals surface area contributed by atoms with Crippen LogP contribution >= 0.6 is 0 Å². The summed E-state index contributed by atoms with van der Waals surface area (Å²) in [6, 6.07) is 21.5. The number of rotatable bonds is 7. The van der Waals surface area contributed by atoms with E-state index in [9.17, 15) is 14.0 Å². The zero-order valence-electron chi connectivity index (χ0n) is 22.1. The third-order valence-electron chi connectivity index (χ3n) is 7.20. The van der Waals surface area contributed by atoms with Crippen molar-refractivity contribution in [2.75, 3.05) is 7.05 Å². The van der Waals surface area contributed by atoms with E-state index in [0.29, 0.717) is 17.7 Å². The number of nitrogens with zero attached hydrogens (tertiary/aromatic N) is 4. The Labute approximate surface area is 229 Å². The summed E-state index contributed by atoms with van der Waals surface area (Å²) >= 11 is 0. The van der Waals surface area contributed by atoms with Crippen LogP contribution in [0.5, 0.6) is 0 Å². The average molecular weight is 532 g/mol. The van der Waals surface area contributed by atoms with Crippen LogP contribution in [0, 0.1) is 12.7 Å². The van der Waals surface area contributed by atoms with Gasteiger partial charge in [0.15, 0.2) is 5.78 Å². The summed E-state index contributed by atoms with van der Waals surface area (Å²) in [5, 5.41) is 3.39. The molecule has 198 valence electrons. The number of benzene rings is 3. The molecule has 0 unspecified atom stereocenters. The lowest BCUT2D eigenvalue weighted by atomic mass is 9.99. The maximum atomic E-state index is 13.7. The van der Waals surface area contributed by atoms with Crippen molar-refractivity contribution in [3.63, 3.8) is 0 Å². The van der Waals surface area contributed by atoms with E-state index < -0.39 is 0 Å². The summed E-state index contributed by atoms with van der Waals surface area (Å²) in [7, 11) is 1.58. The molecule has 3 heterocycles. The molecule has 0 saturated carbocycles. The molecule has 0 atom stereocenters. The highest BCUT2D eigenvalue weighted by atomic mass is 19.1. The quantitative estimate of drug-likeness (QED) is 0.275. The fourth-order valence-electron chi connectivity index (χ4n) is 5.06. The summed E-state index contributed by atoms with van der Waals surface area (Å²) < 4.78 is 17.4. The van der Waals surface area contributed by atoms with Crippen LogP contribution < -0.4 is 5.32 Å². The Bertz CT molecular complexity index is 1890. The highest BCUT2D eigenvalue weighted by molar-refractivity contribution is 6.17. The number of aromatic nitrogens is 4. The Balaban J connectivity index is 1.33. The number of fused-ring (bicyclic) bond motifs is 2. The lowest BCUT2D eigenvalue weighted by Gasteiger charge is -2.08. The number of likely N-dealkylation sites (N-methyl/N-ethyl adjacent to an activating group) is 1. The van der Waals surface area contributed by atoms with Crippen molar-refractivity contribution in [3.8, 4) is 11.1 Å². The Morgan fingerprint density at radius 3 is 2.42 bits per heavy atom. The van der Waals surface area contributed by atoms with E-state index in [4.69, 9.17) is 0 Å². The Morgan fingerprint density at radius 2 is 1.68 bits per heavy atom. The van der Waals surface area contributed by atoms with Crippen LogP contribution in [0.4, 0.5) is 4.39 Å². The van der Waals surface area contributed by atoms with Crippen LogP contribution in [-0.4, -0.2) is 37.8 Å². The van der Waals surface area contributed by atoms with Crippen LogP contribution in [0.2, 0.25) is 0 Å². The first-order valence-corrected chi connectivity index (χ1v) is 12.9. The number of halogens is 1. The summed E-state index contributed by atoms with van der Waals surface area (Å²) in [5.74, 6) is 0.284. The minimum Gasteiger partial charge on any atom is -0.358 e. The molecular formula is C32H26FN5O2. The number of hydrogen-bond donors (Lipinski definition) is 1. The number of amides is 1. The summed E-state index contributed by atoms with van der Waals surface area (Å²) in [6.07, 6.45) is 5.24. The third-order valence-corrected chi connectivity index (χ3v) is 7.20. The molecule has 6 rings (SSSR count). The van der Waals surface area contributed by atoms with E-state index in [1.54, 1.807) is 42.3 Å². The molecule has 6 aromatic rings. The molecule has 0 bridgehead atoms. The third kappa shape index (κ3) is 4.64. The molecule has 3 aromatic carbocycles. The second kappa shape index (κ2) is 10.2. The molecule has 1 amide bonds. The number of pyridine rings is 1. The van der Waals surface area contributed by atoms with Crippen molar-refractivity contribution in [2.45, 2.75) is 20.0 Å². The lowest BCUT2D eigenvalue weighted by Crippen LogP contribution is -2.23. The Hall–Kier alpha value is -5.11. The second-order valence-corrected chi connectivity index (χ2v) is 9.72. The van der Waals surface area contributed by atoms with Crippen molar-refractivity contribution in [3.05, 3.63) is 120 Å². The predicted molar refractivity (Wildman–Crippen MR) is 153 cm³/mol. The standard InChI is InChI=1S/C32H26FN5O2/c1-20-36-28-16-35-14-13-29(28)38(20)17-21-3-5-23(6-4-21)32(40)27-18-37(19-31(39)34-2)30-15-24(9-12-26(27)30)22-7-10-25(33)11-8-22/h3-16,18H,17,19H2,1-2H3,(H,34,39). The number of imidazole rings is 1. The van der Waals surface area contributed by atoms with Crippen molar-refractivity contribution < 1.29 is 14.0 Å². The van der Waals surface area contributed by atoms with Gasteiger partial charge in [0.1, 0.15) is 23.7 Å². The van der Waals surface area contributed by atoms with E-state index in [1.165, 1.54) is 12.1 Å². The normalized spacial score (nSPS) is 11.3. The van der Waals surface area contributed by atoms with Crippen molar-refractivity contribution in [1.82, 2.24) is 24.4 Å². The van der Waals surface area contributed by atoms with Gasteiger partial charge in [-0.15, -0.1) is 0 Å². The number of aryl methyl sites for hydroxylation is 1. The van der Waals surface area contributed by atoms with Gasteiger partial charge in [-0.3, -0.25) is 14.6 Å². The molecule has 0 radical (unpaired) electrons. The summed E-state index contributed by atoms with van der Waals surface area (Å²) in [4.78, 5) is 34.7. The molecule has 7 nitrogen and oxygen atoms in total. The highest BCUT2D eigenvalue weighted by Gasteiger charge is 2.19. The van der Waals surface area contributed by atoms with Gasteiger partial charge in [-0.2, -0.15) is 0 Å². The van der Waals surface area contributed by atoms with Crippen molar-refractivity contribution in [2.24, 2.45) is 0 Å². The maximum absolute atomic E-state index is 13.7. The average Bonchev–Trinajstić information content (AvgIpc) is 3.49. The van der Waals surface area contributed by atoms with Crippen LogP contribution in [-0.2, 0) is 17.9 Å². The molecule has 0 saturated heterocycles. The highest BCUT2D eigenvalue weighted by Crippen LogP contribution is 2.30. The van der Waals surface area contributed by atoms with Gasteiger partial charge in [-0.1, -0.05) is 48.5 Å². The number of carbonyl (C=O) groups is 2. The van der Waals surface area contributed by atoms with Crippen LogP contribution in [0.3, 0.4) is 0 Å². The molecule has 8 heteroatoms. The monoisotopic (exact) mass is 531 g/mol. The number of hydrogen-bond acceptors (Lipinski definition) is 4. The predicted octanol–water partition coefficient (Wildman–Crippen LogP) is 5.53. The molecule has 0 aliphatic carbocycles. The molecule has 40 heavy (non-hydrogen) atoms. The molecular weight excluding hydrogens is 505 g/mol. The Kier molecular flexibility index (Phi) is 6.43. The first-order valence-electron chi connectivity index (χ1n) is 12.9. The van der Waals surface area contributed by atoms with Crippen molar-refractivity contribution in [1.29, 1.82) is 0 Å². The Morgan fingerprint density at radius 1 is 0.925 bits per heavy atom. The molecule has 0 aliphatic heterocycles. The van der Waals surface area contributed by atoms with E-state index in [0.717, 1.165) is 44.5 Å². The van der Waals surface area contributed by atoms with Gasteiger partial charge in [-0.25, -0.2) is 9.37 Å². The van der Waals surface area contributed by atoms with Gasteiger partial charge < -0.3 is 14.5 Å². The minimum absolute atomic E-state index is 0.0693. The number of ketones is 1. The molecule has 0 aliphatic rings. The maximum Gasteiger partial charge on any atom is 0.239 e. The first-order chi connectivity index (χ1) is 19.4. The number of carbonyl (C=O) groups excluding carboxylic acids is 2. The zero-order chi connectivity index (χ0) is 27.8. The molecule has 3 aromatic heterocycles. The van der Waals surface area contributed by atoms with Gasteiger partial charge >= 0.3 is 0 Å². The van der Waals surface area contributed by atoms with Gasteiger partial charge in [-0.05, 0) is 47.9 Å². The van der Waals surface area contributed by atoms with Crippen molar-refractivity contribution >= 4 is 33.6 Å². The topological polar surface area (TPSA) is 81.8 Å². The van der Waals surface area contributed by atoms with Crippen LogP contribution in [0.25, 0.3) is 33.1 Å². The molecule has 0 spiro atoms. The fraction of sp³-hybridized carbons (Fsp3) is 0.125. The SMILES string of the molecule is CNC(=O)Cn1cc(C(=O)c2ccc(Cn3c(C)nc4cnccc43)cc2)c2ccc(-c3ccc(F)cc3)cc21. The summed E-state index contributed by atoms with van der Waals surface area (Å²) in [5.41, 5.74) is 6.44. The fourth-order valence-corrected chi connectivity index (χ4v) is 5.06. The largest absolute Gasteiger partial charge is 0.358 e. The molecule has 0 fully saturated rings. The van der Waals surface area contributed by atoms with E-state index >= 15 is 0 Å². The van der Waals surface area contributed by atoms with Crippen LogP contribution in [0.1, 0.15) is 27.3 Å². The van der Waals surface area contributed by atoms with E-state index in [-0.39, 0.29) is 24.1 Å². The van der Waals surface area contributed by atoms with Gasteiger partial charge in [0.25, 0.3) is 0 Å². The minimum atomic E-state index is -0.308. The van der Waals surface area contributed by atoms with Gasteiger partial charge in [0.2, 0.25) is 5.91 Å². The summed E-state index contributed by atoms with van der Waals surface area (Å²) in [6.45, 7) is 2.66. The van der Waals surface area contributed by atoms with E-state index in [2.05, 4.69) is 19.9 Å². The van der Waals surface area contributed by atoms with Gasteiger partial charge in [0, 0.05) is 48.0 Å². The van der Waals surface area contributed by atoms with Gasteiger partial charge in [0.05, 0.1) is 11.7 Å². The second-order valence-electron chi connectivity index (χ2n) is 9.72. The lowest BCUT2D eigenvalue weighted by molar-refractivity contribution is -0.121. The van der Waals surface area contributed by atoms with Crippen LogP contribution in [0.15, 0.2) is 91.4 Å². The first kappa shape index (κ1) is 25.2. The zero-order valence-corrected chi connectivity index (χ0v) is 22.1.